The Morgan fingerprint density at radius 3 is 2.55 bits per heavy atom. The van der Waals surface area contributed by atoms with Gasteiger partial charge in [0.1, 0.15) is 0 Å². The number of nitrogens with zero attached hydrogens (tertiary/aromatic N) is 1. The van der Waals surface area contributed by atoms with E-state index in [0.29, 0.717) is 5.92 Å². The Labute approximate surface area is 68.1 Å². The summed E-state index contributed by atoms with van der Waals surface area (Å²) in [5.74, 6) is 1.68. The zero-order valence-corrected chi connectivity index (χ0v) is 7.30. The molecule has 0 aromatic heterocycles. The molecule has 2 atom stereocenters. The Morgan fingerprint density at radius 1 is 1.45 bits per heavy atom. The van der Waals surface area contributed by atoms with Crippen molar-refractivity contribution >= 4 is 5.96 Å². The van der Waals surface area contributed by atoms with Crippen LogP contribution in [0.1, 0.15) is 20.3 Å². The number of piperidine rings is 1. The standard InChI is InChI=1S/C8H17N3/c1-6-3-4-11(8(9)10)5-7(6)2/h6-7H,3-5H2,1-2H3,(H3,9,10)/t6-,7+/m0/s1. The average Bonchev–Trinajstić information content (AvgIpc) is 1.94. The molecule has 3 heteroatoms. The summed E-state index contributed by atoms with van der Waals surface area (Å²) in [5.41, 5.74) is 5.38. The van der Waals surface area contributed by atoms with E-state index in [2.05, 4.69) is 13.8 Å². The summed E-state index contributed by atoms with van der Waals surface area (Å²) in [6, 6.07) is 0. The molecule has 1 rings (SSSR count). The first-order valence-corrected chi connectivity index (χ1v) is 4.20. The lowest BCUT2D eigenvalue weighted by Gasteiger charge is -2.35. The number of guanidine groups is 1. The Balaban J connectivity index is 2.46. The van der Waals surface area contributed by atoms with E-state index >= 15 is 0 Å². The summed E-state index contributed by atoms with van der Waals surface area (Å²) >= 11 is 0. The van der Waals surface area contributed by atoms with Gasteiger partial charge in [-0.3, -0.25) is 5.41 Å². The predicted octanol–water partition coefficient (Wildman–Crippen LogP) is 0.858. The second-order valence-corrected chi connectivity index (χ2v) is 3.57. The van der Waals surface area contributed by atoms with Gasteiger partial charge in [0.25, 0.3) is 0 Å². The van der Waals surface area contributed by atoms with E-state index < -0.39 is 0 Å². The molecule has 3 N–H and O–H groups in total. The number of likely N-dealkylation sites (tertiary alicyclic amines) is 1. The quantitative estimate of drug-likeness (QED) is 0.402. The third-order valence-electron chi connectivity index (χ3n) is 2.67. The highest BCUT2D eigenvalue weighted by Crippen LogP contribution is 2.21. The molecule has 1 fully saturated rings. The minimum Gasteiger partial charge on any atom is -0.370 e. The third-order valence-corrected chi connectivity index (χ3v) is 2.67. The Hall–Kier alpha value is -0.730. The van der Waals surface area contributed by atoms with E-state index in [9.17, 15) is 0 Å². The lowest BCUT2D eigenvalue weighted by Crippen LogP contribution is -2.45. The monoisotopic (exact) mass is 155 g/mol. The van der Waals surface area contributed by atoms with E-state index in [0.717, 1.165) is 19.0 Å². The predicted molar refractivity (Wildman–Crippen MR) is 46.4 cm³/mol. The van der Waals surface area contributed by atoms with Crippen LogP contribution in [0, 0.1) is 17.2 Å². The van der Waals surface area contributed by atoms with Crippen LogP contribution in [0.25, 0.3) is 0 Å². The Kier molecular flexibility index (Phi) is 2.37. The summed E-state index contributed by atoms with van der Waals surface area (Å²) in [6.07, 6.45) is 1.17. The van der Waals surface area contributed by atoms with Crippen molar-refractivity contribution in [2.45, 2.75) is 20.3 Å². The molecule has 11 heavy (non-hydrogen) atoms. The van der Waals surface area contributed by atoms with Crippen LogP contribution in [0.15, 0.2) is 0 Å². The van der Waals surface area contributed by atoms with Gasteiger partial charge in [0.05, 0.1) is 0 Å². The number of hydrogen-bond acceptors (Lipinski definition) is 1. The molecule has 1 saturated heterocycles. The van der Waals surface area contributed by atoms with Gasteiger partial charge in [0.15, 0.2) is 5.96 Å². The van der Waals surface area contributed by atoms with E-state index in [4.69, 9.17) is 11.1 Å². The molecule has 1 aliphatic rings. The fourth-order valence-electron chi connectivity index (χ4n) is 1.48. The molecule has 0 spiro atoms. The van der Waals surface area contributed by atoms with Gasteiger partial charge in [-0.1, -0.05) is 13.8 Å². The lowest BCUT2D eigenvalue weighted by molar-refractivity contribution is 0.202. The highest BCUT2D eigenvalue weighted by atomic mass is 15.2. The molecule has 1 heterocycles. The van der Waals surface area contributed by atoms with Crippen molar-refractivity contribution in [2.24, 2.45) is 17.6 Å². The molecule has 64 valence electrons. The molecule has 0 unspecified atom stereocenters. The SMILES string of the molecule is C[C@@H]1CN(C(=N)N)CC[C@@H]1C. The van der Waals surface area contributed by atoms with Crippen LogP contribution in [0.5, 0.6) is 0 Å². The van der Waals surface area contributed by atoms with Gasteiger partial charge in [0.2, 0.25) is 0 Å². The fourth-order valence-corrected chi connectivity index (χ4v) is 1.48. The van der Waals surface area contributed by atoms with E-state index in [1.165, 1.54) is 6.42 Å². The first kappa shape index (κ1) is 8.37. The van der Waals surface area contributed by atoms with Gasteiger partial charge in [-0.15, -0.1) is 0 Å². The molecular formula is C8H17N3. The maximum absolute atomic E-state index is 7.25. The Morgan fingerprint density at radius 2 is 2.09 bits per heavy atom. The molecule has 0 bridgehead atoms. The van der Waals surface area contributed by atoms with Gasteiger partial charge in [-0.2, -0.15) is 0 Å². The number of rotatable bonds is 0. The van der Waals surface area contributed by atoms with Gasteiger partial charge in [-0.25, -0.2) is 0 Å². The van der Waals surface area contributed by atoms with E-state index in [-0.39, 0.29) is 5.96 Å². The summed E-state index contributed by atoms with van der Waals surface area (Å²) in [6.45, 7) is 6.40. The van der Waals surface area contributed by atoms with Crippen LogP contribution in [0.4, 0.5) is 0 Å². The molecule has 0 aliphatic carbocycles. The Bertz CT molecular complexity index is 155. The largest absolute Gasteiger partial charge is 0.370 e. The normalized spacial score (nSPS) is 32.0. The molecular weight excluding hydrogens is 138 g/mol. The van der Waals surface area contributed by atoms with Gasteiger partial charge in [-0.05, 0) is 18.3 Å². The topological polar surface area (TPSA) is 53.1 Å². The van der Waals surface area contributed by atoms with Crippen molar-refractivity contribution in [1.29, 1.82) is 5.41 Å². The van der Waals surface area contributed by atoms with Gasteiger partial charge < -0.3 is 10.6 Å². The lowest BCUT2D eigenvalue weighted by atomic mass is 9.89. The smallest absolute Gasteiger partial charge is 0.188 e. The summed E-state index contributed by atoms with van der Waals surface area (Å²) < 4.78 is 0. The molecule has 0 aromatic rings. The van der Waals surface area contributed by atoms with Crippen LogP contribution < -0.4 is 5.73 Å². The van der Waals surface area contributed by atoms with Crippen molar-refractivity contribution in [3.8, 4) is 0 Å². The fraction of sp³-hybridized carbons (Fsp3) is 0.875. The summed E-state index contributed by atoms with van der Waals surface area (Å²) in [5, 5.41) is 7.25. The van der Waals surface area contributed by atoms with E-state index in [1.54, 1.807) is 0 Å². The zero-order chi connectivity index (χ0) is 8.43. The molecule has 0 amide bonds. The van der Waals surface area contributed by atoms with Crippen molar-refractivity contribution in [3.05, 3.63) is 0 Å². The number of nitrogens with two attached hydrogens (primary N) is 1. The summed E-state index contributed by atoms with van der Waals surface area (Å²) in [4.78, 5) is 1.95. The van der Waals surface area contributed by atoms with Crippen LogP contribution in [-0.4, -0.2) is 23.9 Å². The highest BCUT2D eigenvalue weighted by Gasteiger charge is 2.22. The van der Waals surface area contributed by atoms with Gasteiger partial charge >= 0.3 is 0 Å². The molecule has 1 aliphatic heterocycles. The maximum atomic E-state index is 7.25. The van der Waals surface area contributed by atoms with Crippen molar-refractivity contribution in [2.75, 3.05) is 13.1 Å². The minimum absolute atomic E-state index is 0.226. The summed E-state index contributed by atoms with van der Waals surface area (Å²) in [7, 11) is 0. The van der Waals surface area contributed by atoms with Crippen LogP contribution in [-0.2, 0) is 0 Å². The minimum atomic E-state index is 0.226. The number of nitrogens with one attached hydrogen (secondary N) is 1. The first-order valence-electron chi connectivity index (χ1n) is 4.20. The van der Waals surface area contributed by atoms with Crippen molar-refractivity contribution in [3.63, 3.8) is 0 Å². The molecule has 0 radical (unpaired) electrons. The number of hydrogen-bond donors (Lipinski definition) is 2. The second kappa shape index (κ2) is 3.11. The third kappa shape index (κ3) is 1.85. The molecule has 0 aromatic carbocycles. The van der Waals surface area contributed by atoms with Crippen molar-refractivity contribution < 1.29 is 0 Å². The van der Waals surface area contributed by atoms with Crippen LogP contribution in [0.2, 0.25) is 0 Å². The highest BCUT2D eigenvalue weighted by molar-refractivity contribution is 5.74. The molecule has 3 nitrogen and oxygen atoms in total. The maximum Gasteiger partial charge on any atom is 0.188 e. The first-order chi connectivity index (χ1) is 5.11. The van der Waals surface area contributed by atoms with Gasteiger partial charge in [0, 0.05) is 13.1 Å². The van der Waals surface area contributed by atoms with Crippen LogP contribution >= 0.6 is 0 Å². The van der Waals surface area contributed by atoms with Crippen molar-refractivity contribution in [1.82, 2.24) is 4.90 Å². The van der Waals surface area contributed by atoms with Crippen LogP contribution in [0.3, 0.4) is 0 Å². The molecule has 0 saturated carbocycles. The average molecular weight is 155 g/mol. The zero-order valence-electron chi connectivity index (χ0n) is 7.30. The van der Waals surface area contributed by atoms with E-state index in [1.807, 2.05) is 4.90 Å². The second-order valence-electron chi connectivity index (χ2n) is 3.57.